The van der Waals surface area contributed by atoms with Gasteiger partial charge < -0.3 is 4.52 Å². The highest BCUT2D eigenvalue weighted by Gasteiger charge is 2.17. The van der Waals surface area contributed by atoms with Gasteiger partial charge in [-0.3, -0.25) is 10.1 Å². The molecule has 4 aromatic rings. The van der Waals surface area contributed by atoms with Gasteiger partial charge >= 0.3 is 0 Å². The van der Waals surface area contributed by atoms with Crippen molar-refractivity contribution in [3.63, 3.8) is 0 Å². The zero-order valence-corrected chi connectivity index (χ0v) is 16.3. The van der Waals surface area contributed by atoms with Crippen LogP contribution in [0.15, 0.2) is 63.5 Å². The predicted octanol–water partition coefficient (Wildman–Crippen LogP) is 5.02. The second-order valence-electron chi connectivity index (χ2n) is 5.79. The molecule has 0 radical (unpaired) electrons. The number of aromatic nitrogens is 3. The molecule has 0 aliphatic carbocycles. The average molecular weight is 430 g/mol. The van der Waals surface area contributed by atoms with E-state index in [0.29, 0.717) is 26.9 Å². The number of hydrogen-bond acceptors (Lipinski definition) is 7. The fraction of sp³-hybridized carbons (Fsp3) is 0.0526. The summed E-state index contributed by atoms with van der Waals surface area (Å²) in [5, 5.41) is 14.5. The molecule has 0 aliphatic rings. The average Bonchev–Trinajstić information content (AvgIpc) is 3.37. The molecule has 6 nitrogen and oxygen atoms in total. The van der Waals surface area contributed by atoms with Gasteiger partial charge in [0.15, 0.2) is 4.34 Å². The molecular weight excluding hydrogens is 418 g/mol. The molecule has 10 heteroatoms. The van der Waals surface area contributed by atoms with Gasteiger partial charge in [-0.15, -0.1) is 10.2 Å². The Morgan fingerprint density at radius 2 is 1.97 bits per heavy atom. The Balaban J connectivity index is 1.39. The van der Waals surface area contributed by atoms with Gasteiger partial charge in [0.1, 0.15) is 17.3 Å². The number of nitrogens with zero attached hydrogens (tertiary/aromatic N) is 3. The second-order valence-corrected chi connectivity index (χ2v) is 7.99. The molecule has 0 atom stereocenters. The number of hydrogen-bond donors (Lipinski definition) is 1. The van der Waals surface area contributed by atoms with E-state index in [0.717, 1.165) is 11.3 Å². The standard InChI is InChI=1S/C19H12F2N4O2S2/c20-13-6-3-5-11(8-13)15-9-16(27-25-15)17(26)22-18-23-24-19(29-18)28-10-12-4-1-2-7-14(12)21/h1-9H,10H2,(H,22,23,26). The normalized spacial score (nSPS) is 10.8. The number of nitrogens with one attached hydrogen (secondary N) is 1. The third kappa shape index (κ3) is 4.66. The van der Waals surface area contributed by atoms with Gasteiger partial charge in [-0.1, -0.05) is 58.6 Å². The van der Waals surface area contributed by atoms with E-state index >= 15 is 0 Å². The number of carbonyl (C=O) groups excluding carboxylic acids is 1. The van der Waals surface area contributed by atoms with Crippen molar-refractivity contribution in [2.75, 3.05) is 5.32 Å². The molecule has 29 heavy (non-hydrogen) atoms. The molecule has 2 aromatic carbocycles. The Morgan fingerprint density at radius 3 is 2.79 bits per heavy atom. The van der Waals surface area contributed by atoms with E-state index in [9.17, 15) is 13.6 Å². The van der Waals surface area contributed by atoms with Crippen LogP contribution in [0.5, 0.6) is 0 Å². The fourth-order valence-corrected chi connectivity index (χ4v) is 4.13. The van der Waals surface area contributed by atoms with Gasteiger partial charge in [0, 0.05) is 17.4 Å². The summed E-state index contributed by atoms with van der Waals surface area (Å²) in [6, 6.07) is 13.7. The third-order valence-corrected chi connectivity index (χ3v) is 5.81. The van der Waals surface area contributed by atoms with E-state index in [1.807, 2.05) is 0 Å². The fourth-order valence-electron chi connectivity index (χ4n) is 2.40. The lowest BCUT2D eigenvalue weighted by Gasteiger charge is -1.99. The van der Waals surface area contributed by atoms with Crippen LogP contribution in [0.2, 0.25) is 0 Å². The molecule has 0 spiro atoms. The third-order valence-electron chi connectivity index (χ3n) is 3.79. The van der Waals surface area contributed by atoms with Gasteiger partial charge in [0.25, 0.3) is 5.91 Å². The van der Waals surface area contributed by atoms with Crippen molar-refractivity contribution < 1.29 is 18.1 Å². The summed E-state index contributed by atoms with van der Waals surface area (Å²) in [6.07, 6.45) is 0. The SMILES string of the molecule is O=C(Nc1nnc(SCc2ccccc2F)s1)c1cc(-c2cccc(F)c2)no1. The van der Waals surface area contributed by atoms with E-state index in [-0.39, 0.29) is 16.7 Å². The Hall–Kier alpha value is -3.11. The van der Waals surface area contributed by atoms with E-state index in [1.54, 1.807) is 30.3 Å². The summed E-state index contributed by atoms with van der Waals surface area (Å²) in [7, 11) is 0. The van der Waals surface area contributed by atoms with Crippen LogP contribution in [0.1, 0.15) is 16.1 Å². The molecule has 1 amide bonds. The topological polar surface area (TPSA) is 80.9 Å². The highest BCUT2D eigenvalue weighted by atomic mass is 32.2. The summed E-state index contributed by atoms with van der Waals surface area (Å²) >= 11 is 2.48. The maximum absolute atomic E-state index is 13.7. The monoisotopic (exact) mass is 430 g/mol. The van der Waals surface area contributed by atoms with E-state index in [4.69, 9.17) is 4.52 Å². The highest BCUT2D eigenvalue weighted by Crippen LogP contribution is 2.29. The van der Waals surface area contributed by atoms with Crippen molar-refractivity contribution >= 4 is 34.1 Å². The Kier molecular flexibility index (Phi) is 5.63. The first kappa shape index (κ1) is 19.2. The molecule has 0 unspecified atom stereocenters. The summed E-state index contributed by atoms with van der Waals surface area (Å²) < 4.78 is 32.6. The minimum absolute atomic E-state index is 0.0416. The molecule has 0 saturated carbocycles. The highest BCUT2D eigenvalue weighted by molar-refractivity contribution is 8.00. The zero-order chi connectivity index (χ0) is 20.2. The first-order valence-corrected chi connectivity index (χ1v) is 10.1. The van der Waals surface area contributed by atoms with Crippen molar-refractivity contribution in [3.8, 4) is 11.3 Å². The summed E-state index contributed by atoms with van der Waals surface area (Å²) in [5.41, 5.74) is 1.40. The maximum atomic E-state index is 13.7. The molecule has 146 valence electrons. The first-order chi connectivity index (χ1) is 14.1. The lowest BCUT2D eigenvalue weighted by molar-refractivity contribution is 0.0988. The van der Waals surface area contributed by atoms with Crippen LogP contribution in [-0.4, -0.2) is 21.3 Å². The van der Waals surface area contributed by atoms with Crippen LogP contribution in [0.25, 0.3) is 11.3 Å². The minimum atomic E-state index is -0.554. The van der Waals surface area contributed by atoms with Crippen LogP contribution >= 0.6 is 23.1 Å². The van der Waals surface area contributed by atoms with Crippen LogP contribution in [0.4, 0.5) is 13.9 Å². The number of anilines is 1. The number of amides is 1. The number of thioether (sulfide) groups is 1. The number of benzene rings is 2. The molecular formula is C19H12F2N4O2S2. The Bertz CT molecular complexity index is 1160. The van der Waals surface area contributed by atoms with Crippen LogP contribution < -0.4 is 5.32 Å². The molecule has 0 aliphatic heterocycles. The largest absolute Gasteiger partial charge is 0.350 e. The molecule has 2 heterocycles. The van der Waals surface area contributed by atoms with Crippen molar-refractivity contribution in [3.05, 3.63) is 77.6 Å². The summed E-state index contributed by atoms with van der Waals surface area (Å²) in [5.74, 6) is -0.890. The van der Waals surface area contributed by atoms with Gasteiger partial charge in [-0.05, 0) is 23.8 Å². The van der Waals surface area contributed by atoms with Gasteiger partial charge in [0.05, 0.1) is 0 Å². The van der Waals surface area contributed by atoms with E-state index in [2.05, 4.69) is 20.7 Å². The summed E-state index contributed by atoms with van der Waals surface area (Å²) in [6.45, 7) is 0. The molecule has 0 fully saturated rings. The molecule has 2 aromatic heterocycles. The minimum Gasteiger partial charge on any atom is -0.350 e. The van der Waals surface area contributed by atoms with Crippen molar-refractivity contribution in [1.29, 1.82) is 0 Å². The maximum Gasteiger partial charge on any atom is 0.296 e. The second kappa shape index (κ2) is 8.50. The lowest BCUT2D eigenvalue weighted by Crippen LogP contribution is -2.10. The molecule has 0 saturated heterocycles. The van der Waals surface area contributed by atoms with Crippen LogP contribution in [-0.2, 0) is 5.75 Å². The van der Waals surface area contributed by atoms with E-state index < -0.39 is 11.7 Å². The van der Waals surface area contributed by atoms with Crippen molar-refractivity contribution in [1.82, 2.24) is 15.4 Å². The van der Waals surface area contributed by atoms with Crippen LogP contribution in [0.3, 0.4) is 0 Å². The van der Waals surface area contributed by atoms with Gasteiger partial charge in [-0.2, -0.15) is 0 Å². The quantitative estimate of drug-likeness (QED) is 0.342. The Morgan fingerprint density at radius 1 is 1.10 bits per heavy atom. The van der Waals surface area contributed by atoms with Crippen molar-refractivity contribution in [2.24, 2.45) is 0 Å². The number of rotatable bonds is 6. The molecule has 0 bridgehead atoms. The van der Waals surface area contributed by atoms with Crippen LogP contribution in [0, 0.1) is 11.6 Å². The van der Waals surface area contributed by atoms with Gasteiger partial charge in [-0.25, -0.2) is 8.78 Å². The summed E-state index contributed by atoms with van der Waals surface area (Å²) in [4.78, 5) is 12.3. The van der Waals surface area contributed by atoms with Gasteiger partial charge in [0.2, 0.25) is 10.9 Å². The predicted molar refractivity (Wildman–Crippen MR) is 106 cm³/mol. The lowest BCUT2D eigenvalue weighted by atomic mass is 10.1. The number of carbonyl (C=O) groups is 1. The first-order valence-electron chi connectivity index (χ1n) is 8.32. The zero-order valence-electron chi connectivity index (χ0n) is 14.6. The Labute approximate surface area is 172 Å². The van der Waals surface area contributed by atoms with E-state index in [1.165, 1.54) is 36.0 Å². The molecule has 4 rings (SSSR count). The smallest absolute Gasteiger partial charge is 0.296 e. The number of halogens is 2. The van der Waals surface area contributed by atoms with Crippen molar-refractivity contribution in [2.45, 2.75) is 10.1 Å². The molecule has 1 N–H and O–H groups in total.